The van der Waals surface area contributed by atoms with Crippen LogP contribution in [-0.2, 0) is 23.2 Å². The molecule has 106 valence electrons. The third-order valence-electron chi connectivity index (χ3n) is 3.62. The van der Waals surface area contributed by atoms with Crippen molar-refractivity contribution in [1.82, 2.24) is 8.61 Å². The second kappa shape index (κ2) is 6.03. The number of rotatable bonds is 5. The van der Waals surface area contributed by atoms with E-state index in [9.17, 15) is 8.42 Å². The molecule has 0 atom stereocenters. The smallest absolute Gasteiger partial charge is 0.195 e. The van der Waals surface area contributed by atoms with Gasteiger partial charge in [-0.05, 0) is 30.4 Å². The van der Waals surface area contributed by atoms with E-state index in [1.165, 1.54) is 9.87 Å². The summed E-state index contributed by atoms with van der Waals surface area (Å²) in [6.45, 7) is 3.85. The van der Waals surface area contributed by atoms with Gasteiger partial charge in [-0.15, -0.1) is 0 Å². The van der Waals surface area contributed by atoms with Gasteiger partial charge in [-0.2, -0.15) is 17.0 Å². The lowest BCUT2D eigenvalue weighted by atomic mass is 10.1. The Labute approximate surface area is 116 Å². The standard InChI is InChI=1S/C14H22N2O2S/c1-3-13-6-8-14(9-7-13)12-15(2)19(17,18)16-10-4-5-11-16/h6-9H,3-5,10-12H2,1-2H3. The molecule has 1 aliphatic rings. The Morgan fingerprint density at radius 1 is 1.11 bits per heavy atom. The van der Waals surface area contributed by atoms with Crippen molar-refractivity contribution in [3.8, 4) is 0 Å². The monoisotopic (exact) mass is 282 g/mol. The van der Waals surface area contributed by atoms with Crippen LogP contribution in [-0.4, -0.2) is 37.2 Å². The summed E-state index contributed by atoms with van der Waals surface area (Å²) >= 11 is 0. The van der Waals surface area contributed by atoms with Gasteiger partial charge >= 0.3 is 0 Å². The van der Waals surface area contributed by atoms with Gasteiger partial charge in [0.15, 0.2) is 0 Å². The minimum Gasteiger partial charge on any atom is -0.195 e. The van der Waals surface area contributed by atoms with Crippen LogP contribution in [0.25, 0.3) is 0 Å². The fourth-order valence-electron chi connectivity index (χ4n) is 2.34. The van der Waals surface area contributed by atoms with Gasteiger partial charge in [0.1, 0.15) is 0 Å². The molecular weight excluding hydrogens is 260 g/mol. The fraction of sp³-hybridized carbons (Fsp3) is 0.571. The van der Waals surface area contributed by atoms with E-state index >= 15 is 0 Å². The summed E-state index contributed by atoms with van der Waals surface area (Å²) in [5.74, 6) is 0. The summed E-state index contributed by atoms with van der Waals surface area (Å²) in [7, 11) is -1.63. The molecule has 2 rings (SSSR count). The molecule has 5 heteroatoms. The van der Waals surface area contributed by atoms with E-state index in [-0.39, 0.29) is 0 Å². The van der Waals surface area contributed by atoms with Crippen molar-refractivity contribution in [3.63, 3.8) is 0 Å². The van der Waals surface area contributed by atoms with Crippen molar-refractivity contribution in [2.45, 2.75) is 32.7 Å². The Balaban J connectivity index is 2.04. The summed E-state index contributed by atoms with van der Waals surface area (Å²) in [5, 5.41) is 0. The van der Waals surface area contributed by atoms with Gasteiger partial charge in [0.05, 0.1) is 0 Å². The van der Waals surface area contributed by atoms with Gasteiger partial charge in [-0.25, -0.2) is 0 Å². The van der Waals surface area contributed by atoms with Crippen molar-refractivity contribution < 1.29 is 8.42 Å². The maximum atomic E-state index is 12.3. The minimum atomic E-state index is -3.29. The van der Waals surface area contributed by atoms with Gasteiger partial charge in [0.25, 0.3) is 10.2 Å². The molecule has 4 nitrogen and oxygen atoms in total. The summed E-state index contributed by atoms with van der Waals surface area (Å²) in [5.41, 5.74) is 2.30. The average Bonchev–Trinajstić information content (AvgIpc) is 2.94. The van der Waals surface area contributed by atoms with Crippen LogP contribution >= 0.6 is 0 Å². The summed E-state index contributed by atoms with van der Waals surface area (Å²) in [6.07, 6.45) is 2.94. The molecule has 0 amide bonds. The van der Waals surface area contributed by atoms with E-state index in [1.54, 1.807) is 11.4 Å². The second-order valence-electron chi connectivity index (χ2n) is 5.04. The number of hydrogen-bond donors (Lipinski definition) is 0. The number of nitrogens with zero attached hydrogens (tertiary/aromatic N) is 2. The third-order valence-corrected chi connectivity index (χ3v) is 5.56. The van der Waals surface area contributed by atoms with Crippen LogP contribution in [0, 0.1) is 0 Å². The number of hydrogen-bond acceptors (Lipinski definition) is 2. The van der Waals surface area contributed by atoms with Gasteiger partial charge in [0, 0.05) is 26.7 Å². The molecule has 0 aliphatic carbocycles. The van der Waals surface area contributed by atoms with Crippen molar-refractivity contribution in [2.75, 3.05) is 20.1 Å². The van der Waals surface area contributed by atoms with E-state index < -0.39 is 10.2 Å². The number of benzene rings is 1. The van der Waals surface area contributed by atoms with E-state index in [2.05, 4.69) is 19.1 Å². The van der Waals surface area contributed by atoms with E-state index in [0.29, 0.717) is 19.6 Å². The Kier molecular flexibility index (Phi) is 4.60. The molecule has 19 heavy (non-hydrogen) atoms. The molecule has 0 aromatic heterocycles. The van der Waals surface area contributed by atoms with Crippen LogP contribution in [0.3, 0.4) is 0 Å². The molecule has 0 N–H and O–H groups in total. The van der Waals surface area contributed by atoms with Gasteiger partial charge in [-0.1, -0.05) is 31.2 Å². The van der Waals surface area contributed by atoms with Gasteiger partial charge in [0.2, 0.25) is 0 Å². The van der Waals surface area contributed by atoms with Crippen LogP contribution in [0.5, 0.6) is 0 Å². The number of aryl methyl sites for hydroxylation is 1. The van der Waals surface area contributed by atoms with E-state index in [0.717, 1.165) is 24.8 Å². The third kappa shape index (κ3) is 3.35. The SMILES string of the molecule is CCc1ccc(CN(C)S(=O)(=O)N2CCCC2)cc1. The topological polar surface area (TPSA) is 40.6 Å². The average molecular weight is 282 g/mol. The van der Waals surface area contributed by atoms with Crippen LogP contribution < -0.4 is 0 Å². The lowest BCUT2D eigenvalue weighted by Crippen LogP contribution is -2.39. The molecule has 1 heterocycles. The predicted octanol–water partition coefficient (Wildman–Crippen LogP) is 2.02. The molecule has 0 radical (unpaired) electrons. The normalized spacial score (nSPS) is 17.2. The Morgan fingerprint density at radius 2 is 1.63 bits per heavy atom. The molecule has 0 unspecified atom stereocenters. The maximum Gasteiger partial charge on any atom is 0.282 e. The molecule has 0 saturated carbocycles. The van der Waals surface area contributed by atoms with Crippen molar-refractivity contribution in [1.29, 1.82) is 0 Å². The predicted molar refractivity (Wildman–Crippen MR) is 77.0 cm³/mol. The quantitative estimate of drug-likeness (QED) is 0.829. The zero-order valence-electron chi connectivity index (χ0n) is 11.7. The van der Waals surface area contributed by atoms with Crippen molar-refractivity contribution in [2.24, 2.45) is 0 Å². The van der Waals surface area contributed by atoms with Crippen LogP contribution in [0.2, 0.25) is 0 Å². The Morgan fingerprint density at radius 3 is 2.16 bits per heavy atom. The summed E-state index contributed by atoms with van der Waals surface area (Å²) in [4.78, 5) is 0. The van der Waals surface area contributed by atoms with Crippen LogP contribution in [0.4, 0.5) is 0 Å². The molecule has 0 spiro atoms. The van der Waals surface area contributed by atoms with Gasteiger partial charge in [-0.3, -0.25) is 0 Å². The highest BCUT2D eigenvalue weighted by molar-refractivity contribution is 7.86. The first kappa shape index (κ1) is 14.5. The Hall–Kier alpha value is -0.910. The van der Waals surface area contributed by atoms with E-state index in [4.69, 9.17) is 0 Å². The zero-order chi connectivity index (χ0) is 13.9. The van der Waals surface area contributed by atoms with Crippen molar-refractivity contribution >= 4 is 10.2 Å². The van der Waals surface area contributed by atoms with E-state index in [1.807, 2.05) is 12.1 Å². The molecule has 1 saturated heterocycles. The zero-order valence-corrected chi connectivity index (χ0v) is 12.5. The molecule has 1 aliphatic heterocycles. The first-order chi connectivity index (χ1) is 9.04. The first-order valence-corrected chi connectivity index (χ1v) is 8.23. The lowest BCUT2D eigenvalue weighted by Gasteiger charge is -2.23. The minimum absolute atomic E-state index is 0.433. The summed E-state index contributed by atoms with van der Waals surface area (Å²) < 4.78 is 27.6. The second-order valence-corrected chi connectivity index (χ2v) is 7.08. The molecule has 0 bridgehead atoms. The largest absolute Gasteiger partial charge is 0.282 e. The maximum absolute atomic E-state index is 12.3. The molecular formula is C14H22N2O2S. The highest BCUT2D eigenvalue weighted by Gasteiger charge is 2.29. The van der Waals surface area contributed by atoms with Crippen LogP contribution in [0.15, 0.2) is 24.3 Å². The first-order valence-electron chi connectivity index (χ1n) is 6.83. The molecule has 1 aromatic carbocycles. The van der Waals surface area contributed by atoms with Gasteiger partial charge < -0.3 is 0 Å². The molecule has 1 fully saturated rings. The highest BCUT2D eigenvalue weighted by atomic mass is 32.2. The highest BCUT2D eigenvalue weighted by Crippen LogP contribution is 2.17. The van der Waals surface area contributed by atoms with Crippen LogP contribution in [0.1, 0.15) is 30.9 Å². The lowest BCUT2D eigenvalue weighted by molar-refractivity contribution is 0.392. The molecule has 1 aromatic rings. The summed E-state index contributed by atoms with van der Waals surface area (Å²) in [6, 6.07) is 8.14. The Bertz CT molecular complexity index is 505. The van der Waals surface area contributed by atoms with Crippen molar-refractivity contribution in [3.05, 3.63) is 35.4 Å². The fourth-order valence-corrected chi connectivity index (χ4v) is 3.76.